The molecule has 0 aliphatic heterocycles. The molecule has 0 amide bonds. The Morgan fingerprint density at radius 1 is 0.319 bits per heavy atom. The van der Waals surface area contributed by atoms with Crippen LogP contribution in [0.3, 0.4) is 0 Å². The van der Waals surface area contributed by atoms with Gasteiger partial charge in [-0.15, -0.1) is 0 Å². The first-order valence-electron chi connectivity index (χ1n) is 30.1. The van der Waals surface area contributed by atoms with Crippen molar-refractivity contribution in [1.29, 1.82) is 0 Å². The maximum absolute atomic E-state index is 12.3. The van der Waals surface area contributed by atoms with Crippen LogP contribution >= 0.6 is 0 Å². The van der Waals surface area contributed by atoms with Gasteiger partial charge in [-0.25, -0.2) is 0 Å². The number of rotatable bonds is 54. The van der Waals surface area contributed by atoms with Crippen molar-refractivity contribution in [2.45, 2.75) is 277 Å². The van der Waals surface area contributed by atoms with E-state index in [1.165, 1.54) is 141 Å². The number of aliphatic hydroxyl groups excluding tert-OH is 1. The second-order valence-corrected chi connectivity index (χ2v) is 19.7. The van der Waals surface area contributed by atoms with Gasteiger partial charge in [0, 0.05) is 12.8 Å². The van der Waals surface area contributed by atoms with E-state index in [2.05, 4.69) is 135 Å². The highest BCUT2D eigenvalue weighted by Gasteiger charge is 2.16. The molecule has 1 atom stereocenters. The van der Waals surface area contributed by atoms with E-state index in [1.807, 2.05) is 0 Å². The van der Waals surface area contributed by atoms with Crippen molar-refractivity contribution in [2.75, 3.05) is 13.2 Å². The molecule has 72 heavy (non-hydrogen) atoms. The van der Waals surface area contributed by atoms with E-state index in [0.717, 1.165) is 103 Å². The number of carbonyl (C=O) groups excluding carboxylic acids is 2. The predicted octanol–water partition coefficient (Wildman–Crippen LogP) is 20.6. The van der Waals surface area contributed by atoms with Crippen molar-refractivity contribution >= 4 is 11.9 Å². The Morgan fingerprint density at radius 2 is 0.556 bits per heavy atom. The molecule has 0 radical (unpaired) electrons. The Balaban J connectivity index is 3.51. The third-order valence-electron chi connectivity index (χ3n) is 12.8. The summed E-state index contributed by atoms with van der Waals surface area (Å²) in [4.78, 5) is 24.6. The van der Waals surface area contributed by atoms with Crippen molar-refractivity contribution in [3.63, 3.8) is 0 Å². The molecule has 1 N–H and O–H groups in total. The number of hydrogen-bond donors (Lipinski definition) is 1. The van der Waals surface area contributed by atoms with Gasteiger partial charge in [-0.2, -0.15) is 0 Å². The molecule has 0 rings (SSSR count). The standard InChI is InChI=1S/C67H112O5/c1-3-5-7-9-11-13-15-17-19-21-23-25-27-29-30-31-32-33-34-35-36-38-40-42-44-46-48-50-52-54-56-58-60-62-67(70)72-65(63-68)64-71-66(69)61-59-57-55-53-51-49-47-45-43-41-39-37-28-26-24-22-20-18-16-14-12-10-8-6-4-2/h5-8,11-14,17-20,23-26,29-30,32-33,65,68H,3-4,9-10,15-16,21-22,27-28,31,34-64H2,1-2H3/b7-5-,8-6-,13-11-,14-12-,19-17-,20-18-,25-23-,26-24-,30-29-,33-32-. The molecule has 0 aromatic rings. The summed E-state index contributed by atoms with van der Waals surface area (Å²) in [6.07, 6.45) is 90.4. The fourth-order valence-electron chi connectivity index (χ4n) is 8.32. The normalized spacial score (nSPS) is 13.1. The maximum atomic E-state index is 12.3. The number of allylic oxidation sites excluding steroid dienone is 20. The molecule has 0 saturated carbocycles. The van der Waals surface area contributed by atoms with Gasteiger partial charge >= 0.3 is 11.9 Å². The monoisotopic (exact) mass is 997 g/mol. The van der Waals surface area contributed by atoms with E-state index in [0.29, 0.717) is 12.8 Å². The number of ether oxygens (including phenoxy) is 2. The summed E-state index contributed by atoms with van der Waals surface area (Å²) in [6, 6.07) is 0. The Hall–Kier alpha value is -3.70. The van der Waals surface area contributed by atoms with Crippen LogP contribution in [0.4, 0.5) is 0 Å². The average molecular weight is 998 g/mol. The van der Waals surface area contributed by atoms with Crippen molar-refractivity contribution < 1.29 is 24.2 Å². The average Bonchev–Trinajstić information content (AvgIpc) is 3.38. The highest BCUT2D eigenvalue weighted by molar-refractivity contribution is 5.70. The minimum atomic E-state index is -0.781. The fourth-order valence-corrected chi connectivity index (χ4v) is 8.32. The molecule has 0 aliphatic rings. The zero-order valence-corrected chi connectivity index (χ0v) is 46.9. The minimum Gasteiger partial charge on any atom is -0.462 e. The molecule has 0 bridgehead atoms. The quantitative estimate of drug-likeness (QED) is 0.0373. The summed E-state index contributed by atoms with van der Waals surface area (Å²) < 4.78 is 10.7. The Bertz CT molecular complexity index is 1450. The summed E-state index contributed by atoms with van der Waals surface area (Å²) in [5.41, 5.74) is 0. The van der Waals surface area contributed by atoms with Gasteiger partial charge in [0.25, 0.3) is 0 Å². The zero-order chi connectivity index (χ0) is 52.0. The van der Waals surface area contributed by atoms with E-state index in [9.17, 15) is 14.7 Å². The Kier molecular flexibility index (Phi) is 58.4. The van der Waals surface area contributed by atoms with Gasteiger partial charge < -0.3 is 14.6 Å². The topological polar surface area (TPSA) is 72.8 Å². The molecule has 0 saturated heterocycles. The molecule has 0 fully saturated rings. The molecule has 0 aliphatic carbocycles. The Labute approximate surface area is 445 Å². The molecule has 0 spiro atoms. The summed E-state index contributed by atoms with van der Waals surface area (Å²) in [6.45, 7) is 3.93. The van der Waals surface area contributed by atoms with Crippen molar-refractivity contribution in [1.82, 2.24) is 0 Å². The molecule has 5 nitrogen and oxygen atoms in total. The van der Waals surface area contributed by atoms with Crippen LogP contribution < -0.4 is 0 Å². The van der Waals surface area contributed by atoms with Crippen LogP contribution in [0.25, 0.3) is 0 Å². The fraction of sp³-hybridized carbons (Fsp3) is 0.672. The van der Waals surface area contributed by atoms with Crippen LogP contribution in [0.1, 0.15) is 271 Å². The largest absolute Gasteiger partial charge is 0.462 e. The van der Waals surface area contributed by atoms with Crippen LogP contribution in [0, 0.1) is 0 Å². The van der Waals surface area contributed by atoms with E-state index >= 15 is 0 Å². The maximum Gasteiger partial charge on any atom is 0.306 e. The van der Waals surface area contributed by atoms with E-state index in [1.54, 1.807) is 0 Å². The van der Waals surface area contributed by atoms with Gasteiger partial charge in [-0.05, 0) is 103 Å². The van der Waals surface area contributed by atoms with E-state index in [4.69, 9.17) is 9.47 Å². The molecular weight excluding hydrogens is 885 g/mol. The van der Waals surface area contributed by atoms with Crippen molar-refractivity contribution in [3.8, 4) is 0 Å². The highest BCUT2D eigenvalue weighted by atomic mass is 16.6. The lowest BCUT2D eigenvalue weighted by molar-refractivity contribution is -0.161. The lowest BCUT2D eigenvalue weighted by Crippen LogP contribution is -2.28. The molecule has 5 heteroatoms. The van der Waals surface area contributed by atoms with Crippen molar-refractivity contribution in [3.05, 3.63) is 122 Å². The van der Waals surface area contributed by atoms with Crippen LogP contribution in [-0.4, -0.2) is 36.4 Å². The van der Waals surface area contributed by atoms with Gasteiger partial charge in [0.05, 0.1) is 6.61 Å². The SMILES string of the molecule is CC/C=C\C/C=C\C/C=C\C/C=C\C/C=C\C/C=C\CCCCCCCCCCCCCCCCC(=O)OC(CO)COC(=O)CCCCCCCCCCCCCC/C=C\C/C=C\C/C=C\C/C=C\CC. The molecule has 0 heterocycles. The lowest BCUT2D eigenvalue weighted by atomic mass is 10.0. The van der Waals surface area contributed by atoms with E-state index in [-0.39, 0.29) is 25.2 Å². The molecule has 0 aromatic heterocycles. The van der Waals surface area contributed by atoms with Gasteiger partial charge in [-0.1, -0.05) is 277 Å². The van der Waals surface area contributed by atoms with E-state index < -0.39 is 6.10 Å². The summed E-state index contributed by atoms with van der Waals surface area (Å²) in [5, 5.41) is 9.67. The third-order valence-corrected chi connectivity index (χ3v) is 12.8. The lowest BCUT2D eigenvalue weighted by Gasteiger charge is -2.15. The summed E-state index contributed by atoms with van der Waals surface area (Å²) in [7, 11) is 0. The van der Waals surface area contributed by atoms with Crippen LogP contribution in [0.2, 0.25) is 0 Å². The number of esters is 2. The summed E-state index contributed by atoms with van der Waals surface area (Å²) >= 11 is 0. The van der Waals surface area contributed by atoms with Gasteiger partial charge in [-0.3, -0.25) is 9.59 Å². The second-order valence-electron chi connectivity index (χ2n) is 19.7. The molecule has 410 valence electrons. The third kappa shape index (κ3) is 58.9. The summed E-state index contributed by atoms with van der Waals surface area (Å²) in [5.74, 6) is -0.592. The minimum absolute atomic E-state index is 0.0713. The van der Waals surface area contributed by atoms with Crippen molar-refractivity contribution in [2.24, 2.45) is 0 Å². The van der Waals surface area contributed by atoms with Gasteiger partial charge in [0.2, 0.25) is 0 Å². The number of aliphatic hydroxyl groups is 1. The first kappa shape index (κ1) is 68.3. The molecular formula is C67H112O5. The number of hydrogen-bond acceptors (Lipinski definition) is 5. The predicted molar refractivity (Wildman–Crippen MR) is 315 cm³/mol. The second kappa shape index (κ2) is 61.6. The van der Waals surface area contributed by atoms with Crippen LogP contribution in [0.5, 0.6) is 0 Å². The first-order chi connectivity index (χ1) is 35.6. The number of carbonyl (C=O) groups is 2. The molecule has 1 unspecified atom stereocenters. The Morgan fingerprint density at radius 3 is 0.833 bits per heavy atom. The van der Waals surface area contributed by atoms with Gasteiger partial charge in [0.15, 0.2) is 6.10 Å². The van der Waals surface area contributed by atoms with Crippen LogP contribution in [0.15, 0.2) is 122 Å². The molecule has 0 aromatic carbocycles. The zero-order valence-electron chi connectivity index (χ0n) is 46.9. The smallest absolute Gasteiger partial charge is 0.306 e. The van der Waals surface area contributed by atoms with Gasteiger partial charge in [0.1, 0.15) is 6.61 Å². The highest BCUT2D eigenvalue weighted by Crippen LogP contribution is 2.16. The van der Waals surface area contributed by atoms with Crippen LogP contribution in [-0.2, 0) is 19.1 Å². The number of unbranched alkanes of at least 4 members (excludes halogenated alkanes) is 26. The first-order valence-corrected chi connectivity index (χ1v) is 30.1.